The highest BCUT2D eigenvalue weighted by molar-refractivity contribution is 5.89. The minimum atomic E-state index is -0.531. The predicted octanol–water partition coefficient (Wildman–Crippen LogP) is -0.528. The van der Waals surface area contributed by atoms with Gasteiger partial charge in [0.2, 0.25) is 11.8 Å². The molecule has 0 N–H and O–H groups in total. The summed E-state index contributed by atoms with van der Waals surface area (Å²) < 4.78 is 5.47. The number of hydrogen-bond donors (Lipinski definition) is 0. The number of likely N-dealkylation sites (tertiary alicyclic amines) is 1. The van der Waals surface area contributed by atoms with Crippen LogP contribution in [0.4, 0.5) is 0 Å². The third-order valence-corrected chi connectivity index (χ3v) is 5.86. The van der Waals surface area contributed by atoms with Crippen molar-refractivity contribution in [1.29, 1.82) is 0 Å². The maximum absolute atomic E-state index is 13.0. The van der Waals surface area contributed by atoms with Crippen molar-refractivity contribution >= 4 is 11.8 Å². The van der Waals surface area contributed by atoms with E-state index >= 15 is 0 Å². The Hall–Kier alpha value is -1.18. The third kappa shape index (κ3) is 3.17. The van der Waals surface area contributed by atoms with Gasteiger partial charge in [-0.25, -0.2) is 0 Å². The Bertz CT molecular complexity index is 492. The SMILES string of the molecule is CN(C)C(=O)CN1CCN(C)C(=O)C12CCN(C1CCOCC1)C2. The average Bonchev–Trinajstić information content (AvgIpc) is 3.02. The summed E-state index contributed by atoms with van der Waals surface area (Å²) in [5, 5.41) is 0. The van der Waals surface area contributed by atoms with Crippen LogP contribution in [-0.4, -0.2) is 110 Å². The zero-order valence-electron chi connectivity index (χ0n) is 15.2. The van der Waals surface area contributed by atoms with Crippen LogP contribution in [0.3, 0.4) is 0 Å². The first-order valence-corrected chi connectivity index (χ1v) is 8.96. The van der Waals surface area contributed by atoms with Gasteiger partial charge < -0.3 is 14.5 Å². The molecule has 0 bridgehead atoms. The number of rotatable bonds is 3. The lowest BCUT2D eigenvalue weighted by atomic mass is 9.91. The third-order valence-electron chi connectivity index (χ3n) is 5.86. The summed E-state index contributed by atoms with van der Waals surface area (Å²) in [6.45, 7) is 5.07. The molecule has 0 saturated carbocycles. The van der Waals surface area contributed by atoms with E-state index in [1.807, 2.05) is 11.9 Å². The van der Waals surface area contributed by atoms with Crippen LogP contribution in [0.2, 0.25) is 0 Å². The molecule has 0 aromatic rings. The molecule has 0 aliphatic carbocycles. The minimum Gasteiger partial charge on any atom is -0.381 e. The second-order valence-electron chi connectivity index (χ2n) is 7.53. The quantitative estimate of drug-likeness (QED) is 0.693. The molecule has 3 aliphatic rings. The number of hydrogen-bond acceptors (Lipinski definition) is 5. The second-order valence-corrected chi connectivity index (χ2v) is 7.53. The molecule has 2 amide bonds. The topological polar surface area (TPSA) is 56.3 Å². The molecule has 24 heavy (non-hydrogen) atoms. The van der Waals surface area contributed by atoms with Crippen LogP contribution in [0, 0.1) is 0 Å². The van der Waals surface area contributed by atoms with Crippen molar-refractivity contribution in [3.8, 4) is 0 Å². The summed E-state index contributed by atoms with van der Waals surface area (Å²) in [5.41, 5.74) is -0.531. The standard InChI is InChI=1S/C17H30N4O3/c1-18(2)15(22)12-21-9-8-19(3)16(23)17(21)6-7-20(13-17)14-4-10-24-11-5-14/h14H,4-13H2,1-3H3. The Morgan fingerprint density at radius 1 is 1.25 bits per heavy atom. The molecule has 3 aliphatic heterocycles. The summed E-state index contributed by atoms with van der Waals surface area (Å²) in [5.74, 6) is 0.242. The van der Waals surface area contributed by atoms with Gasteiger partial charge in [-0.3, -0.25) is 19.4 Å². The van der Waals surface area contributed by atoms with E-state index in [0.717, 1.165) is 52.1 Å². The van der Waals surface area contributed by atoms with Gasteiger partial charge in [0, 0.05) is 66.6 Å². The molecule has 3 rings (SSSR count). The molecule has 0 radical (unpaired) electrons. The molecule has 7 nitrogen and oxygen atoms in total. The lowest BCUT2D eigenvalue weighted by molar-refractivity contribution is -0.151. The van der Waals surface area contributed by atoms with Gasteiger partial charge >= 0.3 is 0 Å². The van der Waals surface area contributed by atoms with Crippen molar-refractivity contribution in [2.24, 2.45) is 0 Å². The van der Waals surface area contributed by atoms with E-state index in [-0.39, 0.29) is 11.8 Å². The molecule has 0 aromatic heterocycles. The molecule has 1 spiro atoms. The molecule has 3 fully saturated rings. The van der Waals surface area contributed by atoms with Crippen molar-refractivity contribution in [1.82, 2.24) is 19.6 Å². The van der Waals surface area contributed by atoms with E-state index in [0.29, 0.717) is 19.1 Å². The van der Waals surface area contributed by atoms with Crippen LogP contribution in [0.5, 0.6) is 0 Å². The Kier molecular flexibility index (Phi) is 5.13. The fraction of sp³-hybridized carbons (Fsp3) is 0.882. The van der Waals surface area contributed by atoms with Crippen molar-refractivity contribution in [3.05, 3.63) is 0 Å². The monoisotopic (exact) mass is 338 g/mol. The predicted molar refractivity (Wildman–Crippen MR) is 90.7 cm³/mol. The summed E-state index contributed by atoms with van der Waals surface area (Å²) in [6, 6.07) is 0.504. The van der Waals surface area contributed by atoms with E-state index in [1.54, 1.807) is 19.0 Å². The van der Waals surface area contributed by atoms with Gasteiger partial charge in [-0.2, -0.15) is 0 Å². The highest BCUT2D eigenvalue weighted by atomic mass is 16.5. The number of nitrogens with zero attached hydrogens (tertiary/aromatic N) is 4. The summed E-state index contributed by atoms with van der Waals surface area (Å²) in [4.78, 5) is 33.3. The number of likely N-dealkylation sites (N-methyl/N-ethyl adjacent to an activating group) is 2. The molecule has 0 aromatic carbocycles. The molecule has 3 heterocycles. The maximum Gasteiger partial charge on any atom is 0.244 e. The van der Waals surface area contributed by atoms with Crippen LogP contribution < -0.4 is 0 Å². The van der Waals surface area contributed by atoms with Crippen molar-refractivity contribution in [2.45, 2.75) is 30.8 Å². The Balaban J connectivity index is 1.77. The van der Waals surface area contributed by atoms with E-state index in [2.05, 4.69) is 9.80 Å². The zero-order valence-corrected chi connectivity index (χ0v) is 15.2. The fourth-order valence-corrected chi connectivity index (χ4v) is 4.23. The molecule has 3 saturated heterocycles. The van der Waals surface area contributed by atoms with E-state index in [1.165, 1.54) is 0 Å². The first-order chi connectivity index (χ1) is 11.4. The molecule has 7 heteroatoms. The molecular formula is C17H30N4O3. The average molecular weight is 338 g/mol. The first kappa shape index (κ1) is 17.6. The van der Waals surface area contributed by atoms with Crippen molar-refractivity contribution < 1.29 is 14.3 Å². The number of carbonyl (C=O) groups excluding carboxylic acids is 2. The van der Waals surface area contributed by atoms with Gasteiger partial charge in [-0.15, -0.1) is 0 Å². The smallest absolute Gasteiger partial charge is 0.244 e. The minimum absolute atomic E-state index is 0.0660. The molecule has 1 atom stereocenters. The van der Waals surface area contributed by atoms with Gasteiger partial charge in [-0.05, 0) is 19.3 Å². The number of amides is 2. The van der Waals surface area contributed by atoms with Crippen LogP contribution in [0.1, 0.15) is 19.3 Å². The normalized spacial score (nSPS) is 30.3. The molecule has 1 unspecified atom stereocenters. The van der Waals surface area contributed by atoms with Crippen LogP contribution in [0.25, 0.3) is 0 Å². The zero-order chi connectivity index (χ0) is 17.3. The number of carbonyl (C=O) groups is 2. The first-order valence-electron chi connectivity index (χ1n) is 8.96. The number of piperazine rings is 1. The lowest BCUT2D eigenvalue weighted by Gasteiger charge is -2.47. The Labute approximate surface area is 144 Å². The number of ether oxygens (including phenoxy) is 1. The largest absolute Gasteiger partial charge is 0.381 e. The van der Waals surface area contributed by atoms with E-state index in [9.17, 15) is 9.59 Å². The summed E-state index contributed by atoms with van der Waals surface area (Å²) in [6.07, 6.45) is 2.89. The van der Waals surface area contributed by atoms with Crippen molar-refractivity contribution in [3.63, 3.8) is 0 Å². The Morgan fingerprint density at radius 3 is 2.62 bits per heavy atom. The Morgan fingerprint density at radius 2 is 1.96 bits per heavy atom. The van der Waals surface area contributed by atoms with Gasteiger partial charge in [0.1, 0.15) is 5.54 Å². The van der Waals surface area contributed by atoms with Gasteiger partial charge in [0.05, 0.1) is 6.54 Å². The van der Waals surface area contributed by atoms with E-state index < -0.39 is 5.54 Å². The van der Waals surface area contributed by atoms with Crippen molar-refractivity contribution in [2.75, 3.05) is 67.1 Å². The van der Waals surface area contributed by atoms with Gasteiger partial charge in [0.25, 0.3) is 0 Å². The van der Waals surface area contributed by atoms with Crippen LogP contribution in [-0.2, 0) is 14.3 Å². The molecule has 136 valence electrons. The van der Waals surface area contributed by atoms with Gasteiger partial charge in [0.15, 0.2) is 0 Å². The highest BCUT2D eigenvalue weighted by Gasteiger charge is 2.53. The highest BCUT2D eigenvalue weighted by Crippen LogP contribution is 2.35. The lowest BCUT2D eigenvalue weighted by Crippen LogP contribution is -2.67. The fourth-order valence-electron chi connectivity index (χ4n) is 4.23. The maximum atomic E-state index is 13.0. The van der Waals surface area contributed by atoms with E-state index in [4.69, 9.17) is 4.74 Å². The van der Waals surface area contributed by atoms with Gasteiger partial charge in [-0.1, -0.05) is 0 Å². The van der Waals surface area contributed by atoms with Crippen LogP contribution in [0.15, 0.2) is 0 Å². The van der Waals surface area contributed by atoms with Crippen LogP contribution >= 0.6 is 0 Å². The summed E-state index contributed by atoms with van der Waals surface area (Å²) in [7, 11) is 5.43. The second kappa shape index (κ2) is 6.98. The summed E-state index contributed by atoms with van der Waals surface area (Å²) >= 11 is 0. The molecular weight excluding hydrogens is 308 g/mol.